The quantitative estimate of drug-likeness (QED) is 0.756. The zero-order valence-electron chi connectivity index (χ0n) is 9.19. The van der Waals surface area contributed by atoms with Crippen LogP contribution in [0.1, 0.15) is 23.7 Å². The van der Waals surface area contributed by atoms with E-state index < -0.39 is 17.8 Å². The Bertz CT molecular complexity index is 389. The van der Waals surface area contributed by atoms with Crippen LogP contribution in [-0.2, 0) is 22.6 Å². The topological polar surface area (TPSA) is 79.3 Å². The third-order valence-electron chi connectivity index (χ3n) is 2.13. The molecule has 0 saturated carbocycles. The summed E-state index contributed by atoms with van der Waals surface area (Å²) in [5.74, 6) is -2.63. The van der Waals surface area contributed by atoms with Crippen molar-refractivity contribution >= 4 is 23.2 Å². The Balaban J connectivity index is 2.45. The second-order valence-electron chi connectivity index (χ2n) is 3.35. The van der Waals surface area contributed by atoms with E-state index in [0.29, 0.717) is 6.54 Å². The van der Waals surface area contributed by atoms with Crippen LogP contribution in [0.25, 0.3) is 0 Å². The molecule has 1 heterocycles. The van der Waals surface area contributed by atoms with Crippen LogP contribution in [-0.4, -0.2) is 22.0 Å². The zero-order chi connectivity index (χ0) is 12.1. The van der Waals surface area contributed by atoms with Crippen LogP contribution in [0.5, 0.6) is 0 Å². The molecule has 0 spiro atoms. The Kier molecular flexibility index (Phi) is 4.42. The van der Waals surface area contributed by atoms with Gasteiger partial charge < -0.3 is 10.4 Å². The number of carbonyl (C=O) groups is 2. The molecule has 0 aliphatic heterocycles. The molecule has 0 aromatic carbocycles. The average Bonchev–Trinajstić information content (AvgIpc) is 2.72. The van der Waals surface area contributed by atoms with Crippen molar-refractivity contribution in [2.24, 2.45) is 5.92 Å². The number of carbonyl (C=O) groups excluding carboxylic acids is 1. The summed E-state index contributed by atoms with van der Waals surface area (Å²) < 4.78 is 0. The summed E-state index contributed by atoms with van der Waals surface area (Å²) in [5, 5.41) is 12.0. The molecule has 0 radical (unpaired) electrons. The molecule has 0 aliphatic rings. The molecule has 1 aromatic rings. The molecule has 1 aromatic heterocycles. The standard InChI is InChI=1S/C10H14N2O3S/c1-3-7-4-11-8(16-7)5-12-9(13)6(2)10(14)15/h4,6H,3,5H2,1-2H3,(H,12,13)(H,14,15). The van der Waals surface area contributed by atoms with Gasteiger partial charge in [-0.3, -0.25) is 9.59 Å². The molecule has 0 saturated heterocycles. The van der Waals surface area contributed by atoms with Crippen molar-refractivity contribution in [3.05, 3.63) is 16.1 Å². The predicted octanol–water partition coefficient (Wildman–Crippen LogP) is 1.04. The van der Waals surface area contributed by atoms with Gasteiger partial charge in [0.05, 0.1) is 6.54 Å². The van der Waals surface area contributed by atoms with E-state index in [4.69, 9.17) is 5.11 Å². The maximum absolute atomic E-state index is 11.3. The average molecular weight is 242 g/mol. The predicted molar refractivity (Wildman–Crippen MR) is 60.1 cm³/mol. The molecule has 1 unspecified atom stereocenters. The highest BCUT2D eigenvalue weighted by atomic mass is 32.1. The van der Waals surface area contributed by atoms with Crippen LogP contribution >= 0.6 is 11.3 Å². The molecule has 16 heavy (non-hydrogen) atoms. The highest BCUT2D eigenvalue weighted by Gasteiger charge is 2.20. The van der Waals surface area contributed by atoms with Crippen molar-refractivity contribution in [2.75, 3.05) is 0 Å². The van der Waals surface area contributed by atoms with Gasteiger partial charge in [-0.1, -0.05) is 6.92 Å². The van der Waals surface area contributed by atoms with Gasteiger partial charge in [-0.15, -0.1) is 11.3 Å². The molecular formula is C10H14N2O3S. The fraction of sp³-hybridized carbons (Fsp3) is 0.500. The largest absolute Gasteiger partial charge is 0.481 e. The maximum atomic E-state index is 11.3. The summed E-state index contributed by atoms with van der Waals surface area (Å²) in [6, 6.07) is 0. The van der Waals surface area contributed by atoms with E-state index in [1.807, 2.05) is 6.92 Å². The van der Waals surface area contributed by atoms with Gasteiger partial charge in [0.1, 0.15) is 10.9 Å². The number of carboxylic acid groups (broad SMARTS) is 1. The number of aromatic nitrogens is 1. The molecule has 0 fully saturated rings. The molecule has 0 bridgehead atoms. The second-order valence-corrected chi connectivity index (χ2v) is 4.55. The Hall–Kier alpha value is -1.43. The van der Waals surface area contributed by atoms with Gasteiger partial charge in [-0.25, -0.2) is 4.98 Å². The number of thiazole rings is 1. The first kappa shape index (κ1) is 12.6. The Morgan fingerprint density at radius 3 is 2.81 bits per heavy atom. The van der Waals surface area contributed by atoms with Crippen LogP contribution in [0.15, 0.2) is 6.20 Å². The Morgan fingerprint density at radius 1 is 1.62 bits per heavy atom. The van der Waals surface area contributed by atoms with Crippen molar-refractivity contribution in [3.63, 3.8) is 0 Å². The lowest BCUT2D eigenvalue weighted by Crippen LogP contribution is -2.33. The van der Waals surface area contributed by atoms with E-state index in [-0.39, 0.29) is 0 Å². The number of nitrogens with zero attached hydrogens (tertiary/aromatic N) is 1. The SMILES string of the molecule is CCc1cnc(CNC(=O)C(C)C(=O)O)s1. The van der Waals surface area contributed by atoms with Crippen molar-refractivity contribution in [2.45, 2.75) is 26.8 Å². The molecule has 1 amide bonds. The number of hydrogen-bond acceptors (Lipinski definition) is 4. The molecular weight excluding hydrogens is 228 g/mol. The van der Waals surface area contributed by atoms with Gasteiger partial charge in [-0.05, 0) is 13.3 Å². The van der Waals surface area contributed by atoms with Crippen LogP contribution in [0.2, 0.25) is 0 Å². The number of amides is 1. The van der Waals surface area contributed by atoms with Gasteiger partial charge in [-0.2, -0.15) is 0 Å². The number of rotatable bonds is 5. The highest BCUT2D eigenvalue weighted by Crippen LogP contribution is 2.12. The van der Waals surface area contributed by atoms with E-state index in [1.54, 1.807) is 6.20 Å². The molecule has 2 N–H and O–H groups in total. The van der Waals surface area contributed by atoms with Crippen LogP contribution in [0.4, 0.5) is 0 Å². The lowest BCUT2D eigenvalue weighted by Gasteiger charge is -2.06. The molecule has 0 aliphatic carbocycles. The van der Waals surface area contributed by atoms with E-state index in [2.05, 4.69) is 10.3 Å². The van der Waals surface area contributed by atoms with Gasteiger partial charge in [0.25, 0.3) is 0 Å². The summed E-state index contributed by atoms with van der Waals surface area (Å²) in [6.45, 7) is 3.68. The number of aryl methyl sites for hydroxylation is 1. The first-order valence-electron chi connectivity index (χ1n) is 4.98. The lowest BCUT2D eigenvalue weighted by atomic mass is 10.2. The molecule has 88 valence electrons. The smallest absolute Gasteiger partial charge is 0.315 e. The third kappa shape index (κ3) is 3.30. The molecule has 1 atom stereocenters. The van der Waals surface area contributed by atoms with E-state index >= 15 is 0 Å². The summed E-state index contributed by atoms with van der Waals surface area (Å²) in [5.41, 5.74) is 0. The number of carboxylic acids is 1. The minimum absolute atomic E-state index is 0.293. The molecule has 6 heteroatoms. The highest BCUT2D eigenvalue weighted by molar-refractivity contribution is 7.11. The van der Waals surface area contributed by atoms with Gasteiger partial charge in [0, 0.05) is 11.1 Å². The van der Waals surface area contributed by atoms with Gasteiger partial charge >= 0.3 is 5.97 Å². The third-order valence-corrected chi connectivity index (χ3v) is 3.27. The van der Waals surface area contributed by atoms with Gasteiger partial charge in [0.15, 0.2) is 0 Å². The fourth-order valence-corrected chi connectivity index (χ4v) is 1.82. The minimum atomic E-state index is -1.12. The van der Waals surface area contributed by atoms with Crippen molar-refractivity contribution in [1.29, 1.82) is 0 Å². The van der Waals surface area contributed by atoms with E-state index in [0.717, 1.165) is 16.3 Å². The second kappa shape index (κ2) is 5.60. The summed E-state index contributed by atoms with van der Waals surface area (Å²) in [6.07, 6.45) is 2.68. The number of hydrogen-bond donors (Lipinski definition) is 2. The summed E-state index contributed by atoms with van der Waals surface area (Å²) in [4.78, 5) is 27.1. The van der Waals surface area contributed by atoms with Crippen molar-refractivity contribution in [3.8, 4) is 0 Å². The first-order chi connectivity index (χ1) is 7.54. The zero-order valence-corrected chi connectivity index (χ0v) is 10.0. The Labute approximate surface area is 97.5 Å². The number of aliphatic carboxylic acids is 1. The Morgan fingerprint density at radius 2 is 2.31 bits per heavy atom. The number of nitrogens with one attached hydrogen (secondary N) is 1. The maximum Gasteiger partial charge on any atom is 0.315 e. The minimum Gasteiger partial charge on any atom is -0.481 e. The van der Waals surface area contributed by atoms with Crippen LogP contribution in [0.3, 0.4) is 0 Å². The molecule has 5 nitrogen and oxygen atoms in total. The normalized spacial score (nSPS) is 12.1. The first-order valence-corrected chi connectivity index (χ1v) is 5.80. The molecule has 1 rings (SSSR count). The van der Waals surface area contributed by atoms with Gasteiger partial charge in [0.2, 0.25) is 5.91 Å². The van der Waals surface area contributed by atoms with Crippen molar-refractivity contribution in [1.82, 2.24) is 10.3 Å². The lowest BCUT2D eigenvalue weighted by molar-refractivity contribution is -0.146. The monoisotopic (exact) mass is 242 g/mol. The van der Waals surface area contributed by atoms with E-state index in [1.165, 1.54) is 18.3 Å². The fourth-order valence-electron chi connectivity index (χ4n) is 1.02. The summed E-state index contributed by atoms with van der Waals surface area (Å²) >= 11 is 1.52. The summed E-state index contributed by atoms with van der Waals surface area (Å²) in [7, 11) is 0. The van der Waals surface area contributed by atoms with Crippen LogP contribution < -0.4 is 5.32 Å². The van der Waals surface area contributed by atoms with Crippen molar-refractivity contribution < 1.29 is 14.7 Å². The van der Waals surface area contributed by atoms with E-state index in [9.17, 15) is 9.59 Å². The van der Waals surface area contributed by atoms with Crippen LogP contribution in [0, 0.1) is 5.92 Å².